The Bertz CT molecular complexity index is 826. The van der Waals surface area contributed by atoms with Crippen LogP contribution in [0.5, 0.6) is 11.5 Å². The van der Waals surface area contributed by atoms with Crippen molar-refractivity contribution in [2.75, 3.05) is 18.4 Å². The van der Waals surface area contributed by atoms with Crippen LogP contribution in [0.25, 0.3) is 6.08 Å². The summed E-state index contributed by atoms with van der Waals surface area (Å²) in [4.78, 5) is 16.3. The van der Waals surface area contributed by atoms with Crippen molar-refractivity contribution in [1.82, 2.24) is 9.36 Å². The molecule has 3 rings (SSSR count). The Morgan fingerprint density at radius 1 is 1.48 bits per heavy atom. The minimum atomic E-state index is -0.533. The molecule has 1 N–H and O–H groups in total. The summed E-state index contributed by atoms with van der Waals surface area (Å²) in [6.07, 6.45) is 3.32. The summed E-state index contributed by atoms with van der Waals surface area (Å²) in [6, 6.07) is 7.08. The van der Waals surface area contributed by atoms with Crippen molar-refractivity contribution in [2.24, 2.45) is 0 Å². The number of aromatic nitrogens is 2. The number of hydrogen-bond acceptors (Lipinski definition) is 8. The summed E-state index contributed by atoms with van der Waals surface area (Å²) in [5, 5.41) is 12.7. The smallest absolute Gasteiger partial charge is 0.268 e. The van der Waals surface area contributed by atoms with E-state index in [2.05, 4.69) is 14.7 Å². The quantitative estimate of drug-likeness (QED) is 0.516. The number of anilines is 1. The second-order valence-corrected chi connectivity index (χ2v) is 5.85. The van der Waals surface area contributed by atoms with Crippen molar-refractivity contribution in [2.45, 2.75) is 5.16 Å². The minimum Gasteiger partial charge on any atom is -0.454 e. The van der Waals surface area contributed by atoms with Crippen LogP contribution in [0, 0.1) is 11.3 Å². The van der Waals surface area contributed by atoms with E-state index in [9.17, 15) is 10.1 Å². The number of carbonyl (C=O) groups is 1. The predicted molar refractivity (Wildman–Crippen MR) is 86.5 cm³/mol. The molecule has 2 heterocycles. The van der Waals surface area contributed by atoms with Gasteiger partial charge in [0.15, 0.2) is 11.5 Å². The number of nitriles is 1. The van der Waals surface area contributed by atoms with Crippen LogP contribution in [0.15, 0.2) is 28.9 Å². The summed E-state index contributed by atoms with van der Waals surface area (Å²) in [7, 11) is 0. The summed E-state index contributed by atoms with van der Waals surface area (Å²) >= 11 is 2.44. The molecule has 116 valence electrons. The molecule has 0 saturated carbocycles. The molecule has 0 unspecified atom stereocenters. The highest BCUT2D eigenvalue weighted by Crippen LogP contribution is 2.33. The predicted octanol–water partition coefficient (Wildman–Crippen LogP) is 2.53. The molecule has 0 aliphatic carbocycles. The van der Waals surface area contributed by atoms with Crippen LogP contribution < -0.4 is 14.8 Å². The fraction of sp³-hybridized carbons (Fsp3) is 0.143. The number of ether oxygens (including phenoxy) is 2. The number of nitrogens with one attached hydrogen (secondary N) is 1. The highest BCUT2D eigenvalue weighted by Gasteiger charge is 2.15. The maximum Gasteiger partial charge on any atom is 0.268 e. The zero-order valence-corrected chi connectivity index (χ0v) is 13.5. The number of thioether (sulfide) groups is 1. The topological polar surface area (TPSA) is 97.1 Å². The van der Waals surface area contributed by atoms with Crippen LogP contribution in [0.3, 0.4) is 0 Å². The van der Waals surface area contributed by atoms with Crippen molar-refractivity contribution in [3.05, 3.63) is 29.3 Å². The molecule has 1 aliphatic rings. The first-order valence-corrected chi connectivity index (χ1v) is 8.40. The van der Waals surface area contributed by atoms with Gasteiger partial charge in [0.25, 0.3) is 5.91 Å². The minimum absolute atomic E-state index is 0.0373. The molecule has 1 aliphatic heterocycles. The van der Waals surface area contributed by atoms with Gasteiger partial charge in [-0.2, -0.15) is 14.6 Å². The first-order valence-electron chi connectivity index (χ1n) is 6.40. The fourth-order valence-electron chi connectivity index (χ4n) is 1.83. The van der Waals surface area contributed by atoms with E-state index in [1.54, 1.807) is 18.2 Å². The van der Waals surface area contributed by atoms with Crippen LogP contribution in [0.1, 0.15) is 5.56 Å². The normalized spacial score (nSPS) is 12.8. The molecule has 0 bridgehead atoms. The van der Waals surface area contributed by atoms with Gasteiger partial charge in [-0.15, -0.1) is 0 Å². The third kappa shape index (κ3) is 3.44. The van der Waals surface area contributed by atoms with Crippen LogP contribution in [0.4, 0.5) is 5.13 Å². The van der Waals surface area contributed by atoms with Crippen LogP contribution in [-0.4, -0.2) is 28.3 Å². The van der Waals surface area contributed by atoms with E-state index in [-0.39, 0.29) is 12.4 Å². The van der Waals surface area contributed by atoms with Gasteiger partial charge < -0.3 is 9.47 Å². The van der Waals surface area contributed by atoms with Gasteiger partial charge in [0.05, 0.1) is 0 Å². The van der Waals surface area contributed by atoms with Gasteiger partial charge in [0.2, 0.25) is 17.1 Å². The molecule has 9 heteroatoms. The lowest BCUT2D eigenvalue weighted by Crippen LogP contribution is -2.13. The Morgan fingerprint density at radius 2 is 2.30 bits per heavy atom. The largest absolute Gasteiger partial charge is 0.454 e. The van der Waals surface area contributed by atoms with Crippen molar-refractivity contribution >= 4 is 40.4 Å². The average Bonchev–Trinajstić information content (AvgIpc) is 3.20. The lowest BCUT2D eigenvalue weighted by Gasteiger charge is -2.01. The highest BCUT2D eigenvalue weighted by atomic mass is 32.2. The number of nitrogens with zero attached hydrogens (tertiary/aromatic N) is 3. The molecule has 0 atom stereocenters. The molecule has 1 aromatic carbocycles. The first-order chi connectivity index (χ1) is 11.2. The average molecular weight is 346 g/mol. The molecule has 0 radical (unpaired) electrons. The number of hydrogen-bond donors (Lipinski definition) is 1. The summed E-state index contributed by atoms with van der Waals surface area (Å²) < 4.78 is 14.5. The van der Waals surface area contributed by atoms with Crippen molar-refractivity contribution < 1.29 is 14.3 Å². The fourth-order valence-corrected chi connectivity index (χ4v) is 2.95. The Kier molecular flexibility index (Phi) is 4.45. The lowest BCUT2D eigenvalue weighted by atomic mass is 10.1. The van der Waals surface area contributed by atoms with Gasteiger partial charge in [0, 0.05) is 11.5 Å². The summed E-state index contributed by atoms with van der Waals surface area (Å²) in [6.45, 7) is 0.170. The SMILES string of the molecule is CSc1nsc(NC(=O)/C(C#N)=C\c2ccc3c(c2)OCO3)n1. The molecule has 23 heavy (non-hydrogen) atoms. The monoisotopic (exact) mass is 346 g/mol. The summed E-state index contributed by atoms with van der Waals surface area (Å²) in [5.74, 6) is 0.697. The second-order valence-electron chi connectivity index (χ2n) is 4.32. The lowest BCUT2D eigenvalue weighted by molar-refractivity contribution is -0.112. The van der Waals surface area contributed by atoms with Crippen LogP contribution >= 0.6 is 23.3 Å². The molecule has 0 fully saturated rings. The van der Waals surface area contributed by atoms with Crippen molar-refractivity contribution in [1.29, 1.82) is 5.26 Å². The van der Waals surface area contributed by atoms with Crippen LogP contribution in [-0.2, 0) is 4.79 Å². The molecular formula is C14H10N4O3S2. The van der Waals surface area contributed by atoms with Gasteiger partial charge in [-0.25, -0.2) is 0 Å². The van der Waals surface area contributed by atoms with Gasteiger partial charge >= 0.3 is 0 Å². The van der Waals surface area contributed by atoms with E-state index in [4.69, 9.17) is 9.47 Å². The third-order valence-electron chi connectivity index (χ3n) is 2.88. The number of rotatable bonds is 4. The molecule has 1 aromatic heterocycles. The number of benzene rings is 1. The standard InChI is InChI=1S/C14H10N4O3S2/c1-22-14-17-13(23-18-14)16-12(19)9(6-15)4-8-2-3-10-11(5-8)21-7-20-10/h2-5H,7H2,1H3,(H,16,17,18,19)/b9-4-. The van der Waals surface area contributed by atoms with E-state index in [1.165, 1.54) is 17.8 Å². The van der Waals surface area contributed by atoms with Gasteiger partial charge in [-0.3, -0.25) is 10.1 Å². The molecule has 1 amide bonds. The second kappa shape index (κ2) is 6.68. The maximum absolute atomic E-state index is 12.2. The highest BCUT2D eigenvalue weighted by molar-refractivity contribution is 7.98. The molecule has 0 spiro atoms. The van der Waals surface area contributed by atoms with E-state index >= 15 is 0 Å². The number of fused-ring (bicyclic) bond motifs is 1. The van der Waals surface area contributed by atoms with E-state index < -0.39 is 5.91 Å². The van der Waals surface area contributed by atoms with Crippen molar-refractivity contribution in [3.63, 3.8) is 0 Å². The zero-order chi connectivity index (χ0) is 16.2. The Labute approximate surface area is 140 Å². The van der Waals surface area contributed by atoms with E-state index in [0.29, 0.717) is 27.4 Å². The Hall–Kier alpha value is -2.57. The maximum atomic E-state index is 12.2. The molecule has 2 aromatic rings. The molecule has 7 nitrogen and oxygen atoms in total. The third-order valence-corrected chi connectivity index (χ3v) is 4.18. The van der Waals surface area contributed by atoms with E-state index in [0.717, 1.165) is 11.5 Å². The molecular weight excluding hydrogens is 336 g/mol. The van der Waals surface area contributed by atoms with Crippen molar-refractivity contribution in [3.8, 4) is 17.6 Å². The van der Waals surface area contributed by atoms with Gasteiger partial charge in [-0.1, -0.05) is 17.8 Å². The first kappa shape index (κ1) is 15.3. The Morgan fingerprint density at radius 3 is 3.04 bits per heavy atom. The van der Waals surface area contributed by atoms with Gasteiger partial charge in [0.1, 0.15) is 11.6 Å². The van der Waals surface area contributed by atoms with E-state index in [1.807, 2.05) is 12.3 Å². The van der Waals surface area contributed by atoms with Gasteiger partial charge in [-0.05, 0) is 30.0 Å². The molecule has 0 saturated heterocycles. The number of carbonyl (C=O) groups excluding carboxylic acids is 1. The Balaban J connectivity index is 1.78. The number of amides is 1. The summed E-state index contributed by atoms with van der Waals surface area (Å²) in [5.41, 5.74) is 0.632. The van der Waals surface area contributed by atoms with Crippen LogP contribution in [0.2, 0.25) is 0 Å². The zero-order valence-electron chi connectivity index (χ0n) is 11.9.